The molecule has 40 heavy (non-hydrogen) atoms. The third kappa shape index (κ3) is 4.82. The number of fused-ring (bicyclic) bond motifs is 2. The van der Waals surface area contributed by atoms with E-state index < -0.39 is 0 Å². The number of nitrogens with zero attached hydrogens (tertiary/aromatic N) is 4. The van der Waals surface area contributed by atoms with Crippen LogP contribution >= 0.6 is 0 Å². The van der Waals surface area contributed by atoms with E-state index in [1.54, 1.807) is 7.05 Å². The van der Waals surface area contributed by atoms with Gasteiger partial charge in [-0.15, -0.1) is 0 Å². The highest BCUT2D eigenvalue weighted by Gasteiger charge is 2.37. The molecular weight excluding hydrogens is 498 g/mol. The first kappa shape index (κ1) is 26.4. The van der Waals surface area contributed by atoms with E-state index in [-0.39, 0.29) is 16.9 Å². The maximum Gasteiger partial charge on any atom is 0.249 e. The van der Waals surface area contributed by atoms with E-state index in [0.717, 1.165) is 41.5 Å². The minimum Gasteiger partial charge on any atom is -0.489 e. The highest BCUT2D eigenvalue weighted by atomic mass is 16.5. The summed E-state index contributed by atoms with van der Waals surface area (Å²) in [6, 6.07) is 19.3. The molecule has 1 aliphatic heterocycles. The number of likely N-dealkylation sites (tertiary alicyclic amines) is 1. The van der Waals surface area contributed by atoms with Crippen LogP contribution in [0.25, 0.3) is 22.2 Å². The van der Waals surface area contributed by atoms with Gasteiger partial charge in [0.25, 0.3) is 0 Å². The fourth-order valence-electron chi connectivity index (χ4n) is 6.26. The molecule has 1 atom stereocenters. The van der Waals surface area contributed by atoms with Gasteiger partial charge in [-0.2, -0.15) is 4.98 Å². The van der Waals surface area contributed by atoms with Crippen molar-refractivity contribution < 1.29 is 9.26 Å². The van der Waals surface area contributed by atoms with Crippen molar-refractivity contribution in [3.05, 3.63) is 77.2 Å². The molecule has 6 rings (SSSR count). The zero-order valence-electron chi connectivity index (χ0n) is 24.2. The second kappa shape index (κ2) is 9.95. The summed E-state index contributed by atoms with van der Waals surface area (Å²) in [5.74, 6) is 2.52. The molecule has 2 aliphatic rings. The van der Waals surface area contributed by atoms with Crippen LogP contribution in [0.1, 0.15) is 82.0 Å². The summed E-state index contributed by atoms with van der Waals surface area (Å²) in [7, 11) is 1.70. The fourth-order valence-corrected chi connectivity index (χ4v) is 6.26. The Hall–Kier alpha value is -3.87. The van der Waals surface area contributed by atoms with Crippen molar-refractivity contribution in [2.45, 2.75) is 76.9 Å². The van der Waals surface area contributed by atoms with Crippen LogP contribution in [0.2, 0.25) is 0 Å². The van der Waals surface area contributed by atoms with Gasteiger partial charge in [-0.05, 0) is 82.2 Å². The smallest absolute Gasteiger partial charge is 0.249 e. The molecule has 1 aliphatic carbocycles. The van der Waals surface area contributed by atoms with E-state index in [9.17, 15) is 0 Å². The maximum atomic E-state index is 6.26. The lowest BCUT2D eigenvalue weighted by Crippen LogP contribution is -2.36. The van der Waals surface area contributed by atoms with Crippen molar-refractivity contribution in [2.75, 3.05) is 13.6 Å². The fraction of sp³-hybridized carbons (Fsp3) is 0.424. The molecule has 0 amide bonds. The number of aromatic nitrogens is 2. The molecule has 0 unspecified atom stereocenters. The van der Waals surface area contributed by atoms with E-state index in [4.69, 9.17) is 20.0 Å². The molecular formula is C33H39N5O2. The predicted octanol–water partition coefficient (Wildman–Crippen LogP) is 6.90. The average Bonchev–Trinajstić information content (AvgIpc) is 3.64. The summed E-state index contributed by atoms with van der Waals surface area (Å²) in [4.78, 5) is 10.9. The number of guanidine groups is 1. The van der Waals surface area contributed by atoms with Gasteiger partial charge in [-0.25, -0.2) is 0 Å². The Morgan fingerprint density at radius 2 is 1.75 bits per heavy atom. The molecule has 0 saturated carbocycles. The van der Waals surface area contributed by atoms with E-state index >= 15 is 0 Å². The first-order valence-electron chi connectivity index (χ1n) is 14.3. The lowest BCUT2D eigenvalue weighted by Gasteiger charge is -2.42. The Balaban J connectivity index is 1.18. The first-order valence-corrected chi connectivity index (χ1v) is 14.3. The second-order valence-electron chi connectivity index (χ2n) is 12.5. The van der Waals surface area contributed by atoms with Crippen molar-refractivity contribution in [1.82, 2.24) is 15.0 Å². The number of ether oxygens (including phenoxy) is 1. The van der Waals surface area contributed by atoms with Crippen molar-refractivity contribution in [2.24, 2.45) is 10.7 Å². The molecule has 1 fully saturated rings. The van der Waals surface area contributed by atoms with Crippen LogP contribution in [-0.4, -0.2) is 34.6 Å². The molecule has 3 aromatic carbocycles. The number of aliphatic imine (C=N–C) groups is 1. The molecule has 208 valence electrons. The summed E-state index contributed by atoms with van der Waals surface area (Å²) >= 11 is 0. The molecule has 0 bridgehead atoms. The van der Waals surface area contributed by atoms with E-state index in [1.807, 2.05) is 17.0 Å². The SMILES string of the molecule is CN=C(N)N1CCC[C@H]1c1nc(-c2ccc3cc(OCc4ccc5c(c4)C(C)(C)CCC5(C)C)ccc3c2)no1. The molecule has 7 nitrogen and oxygen atoms in total. The first-order chi connectivity index (χ1) is 19.1. The molecule has 0 spiro atoms. The number of rotatable bonds is 5. The van der Waals surface area contributed by atoms with Crippen LogP contribution in [0.3, 0.4) is 0 Å². The third-order valence-corrected chi connectivity index (χ3v) is 8.90. The standard InChI is InChI=1S/C33H39N5O2/c1-32(2)14-15-33(3,4)27-17-21(8-13-26(27)32)20-39-25-12-11-22-18-24(10-9-23(22)19-25)29-36-30(40-37-29)28-7-6-16-38(28)31(34)35-5/h8-13,17-19,28H,6-7,14-16,20H2,1-5H3,(H2,34,35)/t28-/m0/s1. The van der Waals surface area contributed by atoms with E-state index in [1.165, 1.54) is 29.5 Å². The summed E-state index contributed by atoms with van der Waals surface area (Å²) in [6.45, 7) is 10.8. The third-order valence-electron chi connectivity index (χ3n) is 8.90. The Labute approximate surface area is 236 Å². The van der Waals surface area contributed by atoms with E-state index in [0.29, 0.717) is 24.3 Å². The number of benzene rings is 3. The molecule has 1 saturated heterocycles. The van der Waals surface area contributed by atoms with Gasteiger partial charge < -0.3 is 19.9 Å². The number of hydrogen-bond donors (Lipinski definition) is 1. The lowest BCUT2D eigenvalue weighted by atomic mass is 9.63. The van der Waals surface area contributed by atoms with Crippen LogP contribution < -0.4 is 10.5 Å². The minimum atomic E-state index is -0.0298. The van der Waals surface area contributed by atoms with Crippen molar-refractivity contribution >= 4 is 16.7 Å². The summed E-state index contributed by atoms with van der Waals surface area (Å²) < 4.78 is 11.9. The Kier molecular flexibility index (Phi) is 6.56. The van der Waals surface area contributed by atoms with Crippen molar-refractivity contribution in [1.29, 1.82) is 0 Å². The van der Waals surface area contributed by atoms with Crippen LogP contribution in [0.15, 0.2) is 64.1 Å². The van der Waals surface area contributed by atoms with Gasteiger partial charge in [0.05, 0.1) is 0 Å². The zero-order chi connectivity index (χ0) is 28.1. The summed E-state index contributed by atoms with van der Waals surface area (Å²) in [5.41, 5.74) is 11.5. The normalized spacial score (nSPS) is 20.1. The average molecular weight is 538 g/mol. The monoisotopic (exact) mass is 537 g/mol. The molecule has 2 heterocycles. The highest BCUT2D eigenvalue weighted by molar-refractivity contribution is 5.87. The largest absolute Gasteiger partial charge is 0.489 e. The van der Waals surface area contributed by atoms with Gasteiger partial charge >= 0.3 is 0 Å². The van der Waals surface area contributed by atoms with Crippen molar-refractivity contribution in [3.8, 4) is 17.1 Å². The predicted molar refractivity (Wildman–Crippen MR) is 160 cm³/mol. The molecule has 0 radical (unpaired) electrons. The topological polar surface area (TPSA) is 89.8 Å². The van der Waals surface area contributed by atoms with Crippen LogP contribution in [0.5, 0.6) is 5.75 Å². The van der Waals surface area contributed by atoms with Gasteiger partial charge in [0.2, 0.25) is 11.7 Å². The maximum absolute atomic E-state index is 6.26. The van der Waals surface area contributed by atoms with Gasteiger partial charge in [0, 0.05) is 19.2 Å². The summed E-state index contributed by atoms with van der Waals surface area (Å²) in [5, 5.41) is 6.47. The highest BCUT2D eigenvalue weighted by Crippen LogP contribution is 2.46. The van der Waals surface area contributed by atoms with Gasteiger partial charge in [-0.1, -0.05) is 69.2 Å². The summed E-state index contributed by atoms with van der Waals surface area (Å²) in [6.07, 6.45) is 4.36. The molecule has 2 N–H and O–H groups in total. The molecule has 7 heteroatoms. The molecule has 4 aromatic rings. The Bertz CT molecular complexity index is 1590. The lowest BCUT2D eigenvalue weighted by molar-refractivity contribution is 0.284. The van der Waals surface area contributed by atoms with Gasteiger partial charge in [0.15, 0.2) is 5.96 Å². The quantitative estimate of drug-likeness (QED) is 0.220. The zero-order valence-corrected chi connectivity index (χ0v) is 24.2. The van der Waals surface area contributed by atoms with E-state index in [2.05, 4.69) is 80.3 Å². The second-order valence-corrected chi connectivity index (χ2v) is 12.5. The number of hydrogen-bond acceptors (Lipinski definition) is 5. The van der Waals surface area contributed by atoms with Crippen LogP contribution in [-0.2, 0) is 17.4 Å². The van der Waals surface area contributed by atoms with Crippen LogP contribution in [0.4, 0.5) is 0 Å². The van der Waals surface area contributed by atoms with Gasteiger partial charge in [0.1, 0.15) is 18.4 Å². The number of nitrogens with two attached hydrogens (primary N) is 1. The minimum absolute atomic E-state index is 0.0298. The Morgan fingerprint density at radius 3 is 2.55 bits per heavy atom. The van der Waals surface area contributed by atoms with Gasteiger partial charge in [-0.3, -0.25) is 4.99 Å². The molecule has 1 aromatic heterocycles. The Morgan fingerprint density at radius 1 is 1.00 bits per heavy atom. The van der Waals surface area contributed by atoms with Crippen molar-refractivity contribution in [3.63, 3.8) is 0 Å². The van der Waals surface area contributed by atoms with Crippen LogP contribution in [0, 0.1) is 0 Å².